The molecule has 1 aliphatic heterocycles. The Morgan fingerprint density at radius 3 is 2.46 bits per heavy atom. The van der Waals surface area contributed by atoms with Crippen molar-refractivity contribution in [1.29, 1.82) is 0 Å². The van der Waals surface area contributed by atoms with Gasteiger partial charge in [0.25, 0.3) is 5.91 Å². The molecule has 0 saturated carbocycles. The van der Waals surface area contributed by atoms with E-state index in [-0.39, 0.29) is 10.1 Å². The van der Waals surface area contributed by atoms with E-state index in [0.717, 1.165) is 31.2 Å². The van der Waals surface area contributed by atoms with E-state index in [9.17, 15) is 35.5 Å². The minimum Gasteiger partial charge on any atom is -0.744 e. The van der Waals surface area contributed by atoms with Crippen LogP contribution in [0.1, 0.15) is 5.56 Å². The van der Waals surface area contributed by atoms with Crippen molar-refractivity contribution in [1.82, 2.24) is 5.32 Å². The monoisotopic (exact) mass is 447 g/mol. The molecular formula is C13H9N3O9S3-2. The van der Waals surface area contributed by atoms with Gasteiger partial charge in [-0.15, -0.1) is 5.10 Å². The Morgan fingerprint density at radius 1 is 1.21 bits per heavy atom. The van der Waals surface area contributed by atoms with Gasteiger partial charge < -0.3 is 13.8 Å². The van der Waals surface area contributed by atoms with Crippen LogP contribution in [0.4, 0.5) is 0 Å². The lowest BCUT2D eigenvalue weighted by Crippen LogP contribution is -2.19. The van der Waals surface area contributed by atoms with E-state index in [1.165, 1.54) is 0 Å². The summed E-state index contributed by atoms with van der Waals surface area (Å²) in [7, 11) is -8.80. The van der Waals surface area contributed by atoms with Gasteiger partial charge in [0, 0.05) is 11.6 Å². The highest BCUT2D eigenvalue weighted by Gasteiger charge is 2.25. The number of carbonyl (C=O) groups excluding carboxylic acids is 2. The molecule has 0 bridgehead atoms. The number of methoxy groups -OCH3 is 1. The van der Waals surface area contributed by atoms with Gasteiger partial charge in [0.2, 0.25) is 0 Å². The van der Waals surface area contributed by atoms with Crippen molar-refractivity contribution in [3.8, 4) is 0 Å². The molecule has 150 valence electrons. The van der Waals surface area contributed by atoms with Gasteiger partial charge >= 0.3 is 5.97 Å². The fourth-order valence-corrected chi connectivity index (χ4v) is 3.68. The summed E-state index contributed by atoms with van der Waals surface area (Å²) >= 11 is 0.725. The lowest BCUT2D eigenvalue weighted by molar-refractivity contribution is -0.135. The molecule has 1 N–H and O–H groups in total. The quantitative estimate of drug-likeness (QED) is 0.194. The number of esters is 1. The molecule has 0 aliphatic carbocycles. The maximum absolute atomic E-state index is 11.6. The molecule has 0 radical (unpaired) electrons. The van der Waals surface area contributed by atoms with E-state index in [2.05, 4.69) is 20.3 Å². The van der Waals surface area contributed by atoms with Crippen molar-refractivity contribution in [2.45, 2.75) is 9.79 Å². The van der Waals surface area contributed by atoms with Gasteiger partial charge in [-0.3, -0.25) is 10.1 Å². The summed E-state index contributed by atoms with van der Waals surface area (Å²) in [5.74, 6) is -1.44. The van der Waals surface area contributed by atoms with Crippen LogP contribution in [0.3, 0.4) is 0 Å². The normalized spacial score (nSPS) is 18.0. The third kappa shape index (κ3) is 5.46. The van der Waals surface area contributed by atoms with E-state index in [1.807, 2.05) is 0 Å². The number of thioether (sulfide) groups is 1. The molecule has 1 aromatic carbocycles. The van der Waals surface area contributed by atoms with Crippen LogP contribution < -0.4 is 5.32 Å². The molecule has 1 amide bonds. The van der Waals surface area contributed by atoms with Gasteiger partial charge in [0.15, 0.2) is 5.17 Å². The fourth-order valence-electron chi connectivity index (χ4n) is 1.80. The van der Waals surface area contributed by atoms with E-state index in [4.69, 9.17) is 0 Å². The average molecular weight is 447 g/mol. The minimum absolute atomic E-state index is 0.0388. The van der Waals surface area contributed by atoms with Crippen LogP contribution in [0.5, 0.6) is 0 Å². The first-order valence-electron chi connectivity index (χ1n) is 6.87. The zero-order chi connectivity index (χ0) is 21.1. The average Bonchev–Trinajstić information content (AvgIpc) is 2.92. The number of carbonyl (C=O) groups is 2. The summed E-state index contributed by atoms with van der Waals surface area (Å²) in [5, 5.41) is 9.21. The second-order valence-electron chi connectivity index (χ2n) is 4.85. The molecule has 1 aromatic rings. The first kappa shape index (κ1) is 21.7. The molecule has 15 heteroatoms. The van der Waals surface area contributed by atoms with E-state index in [1.54, 1.807) is 0 Å². The van der Waals surface area contributed by atoms with Gasteiger partial charge in [0.1, 0.15) is 20.2 Å². The lowest BCUT2D eigenvalue weighted by Gasteiger charge is -2.13. The molecule has 28 heavy (non-hydrogen) atoms. The lowest BCUT2D eigenvalue weighted by atomic mass is 10.2. The number of hydrogen-bond donors (Lipinski definition) is 1. The second kappa shape index (κ2) is 8.19. The van der Waals surface area contributed by atoms with Crippen molar-refractivity contribution in [2.75, 3.05) is 7.11 Å². The highest BCUT2D eigenvalue weighted by molar-refractivity contribution is 8.18. The van der Waals surface area contributed by atoms with E-state index >= 15 is 0 Å². The van der Waals surface area contributed by atoms with Crippen LogP contribution in [-0.4, -0.2) is 56.3 Å². The summed E-state index contributed by atoms with van der Waals surface area (Å²) in [5.41, 5.74) is -0.490. The molecule has 0 unspecified atom stereocenters. The Kier molecular flexibility index (Phi) is 6.35. The number of benzene rings is 1. The largest absolute Gasteiger partial charge is 0.744 e. The SMILES string of the molecule is COC(=O)/C=C1/S/C(=N\N=Cc2cc(S(=O)(=O)[O-])ccc2S(=O)(=O)[O-])NC1=O. The Morgan fingerprint density at radius 2 is 1.89 bits per heavy atom. The first-order valence-corrected chi connectivity index (χ1v) is 10.5. The van der Waals surface area contributed by atoms with Crippen LogP contribution in [0, 0.1) is 0 Å². The van der Waals surface area contributed by atoms with E-state index < -0.39 is 47.5 Å². The molecule has 2 rings (SSSR count). The van der Waals surface area contributed by atoms with Crippen molar-refractivity contribution in [2.24, 2.45) is 10.2 Å². The highest BCUT2D eigenvalue weighted by atomic mass is 32.2. The van der Waals surface area contributed by atoms with Gasteiger partial charge in [0.05, 0.1) is 28.0 Å². The first-order chi connectivity index (χ1) is 12.9. The molecule has 0 atom stereocenters. The zero-order valence-corrected chi connectivity index (χ0v) is 16.1. The van der Waals surface area contributed by atoms with Crippen LogP contribution in [-0.2, 0) is 34.6 Å². The predicted molar refractivity (Wildman–Crippen MR) is 93.2 cm³/mol. The molecule has 0 aromatic heterocycles. The van der Waals surface area contributed by atoms with Gasteiger partial charge in [-0.25, -0.2) is 21.6 Å². The summed E-state index contributed by atoms with van der Waals surface area (Å²) in [6, 6.07) is 1.98. The van der Waals surface area contributed by atoms with Crippen molar-refractivity contribution in [3.05, 3.63) is 34.7 Å². The molecule has 1 fully saturated rings. The van der Waals surface area contributed by atoms with Crippen LogP contribution in [0.2, 0.25) is 0 Å². The van der Waals surface area contributed by atoms with Crippen molar-refractivity contribution < 1.29 is 40.3 Å². The Hall–Kier alpha value is -2.59. The summed E-state index contributed by atoms with van der Waals surface area (Å²) < 4.78 is 71.3. The fraction of sp³-hybridized carbons (Fsp3) is 0.0769. The zero-order valence-electron chi connectivity index (χ0n) is 13.7. The molecule has 0 spiro atoms. The van der Waals surface area contributed by atoms with Crippen molar-refractivity contribution >= 4 is 55.3 Å². The summed E-state index contributed by atoms with van der Waals surface area (Å²) in [4.78, 5) is 21.2. The Bertz CT molecular complexity index is 1140. The predicted octanol–water partition coefficient (Wildman–Crippen LogP) is -0.895. The molecule has 1 aliphatic rings. The number of nitrogens with one attached hydrogen (secondary N) is 1. The number of ether oxygens (including phenoxy) is 1. The number of amides is 1. The topological polar surface area (TPSA) is 195 Å². The molecule has 1 heterocycles. The number of hydrogen-bond acceptors (Lipinski definition) is 12. The van der Waals surface area contributed by atoms with Crippen LogP contribution in [0.25, 0.3) is 0 Å². The smallest absolute Gasteiger partial charge is 0.331 e. The van der Waals surface area contributed by atoms with Gasteiger partial charge in [-0.2, -0.15) is 5.10 Å². The van der Waals surface area contributed by atoms with Crippen LogP contribution >= 0.6 is 11.8 Å². The third-order valence-electron chi connectivity index (χ3n) is 2.99. The maximum atomic E-state index is 11.6. The minimum atomic E-state index is -5.00. The molecular weight excluding hydrogens is 438 g/mol. The second-order valence-corrected chi connectivity index (χ2v) is 8.60. The van der Waals surface area contributed by atoms with Crippen LogP contribution in [0.15, 0.2) is 49.2 Å². The summed E-state index contributed by atoms with van der Waals surface area (Å²) in [6.45, 7) is 0. The van der Waals surface area contributed by atoms with Gasteiger partial charge in [-0.05, 0) is 30.0 Å². The molecule has 1 saturated heterocycles. The van der Waals surface area contributed by atoms with E-state index in [0.29, 0.717) is 18.2 Å². The Labute approximate surface area is 162 Å². The third-order valence-corrected chi connectivity index (χ3v) is 5.63. The summed E-state index contributed by atoms with van der Waals surface area (Å²) in [6.07, 6.45) is 1.64. The van der Waals surface area contributed by atoms with Gasteiger partial charge in [-0.1, -0.05) is 0 Å². The van der Waals surface area contributed by atoms with Crippen molar-refractivity contribution in [3.63, 3.8) is 0 Å². The number of nitrogens with zero attached hydrogens (tertiary/aromatic N) is 2. The highest BCUT2D eigenvalue weighted by Crippen LogP contribution is 2.23. The maximum Gasteiger partial charge on any atom is 0.331 e. The molecule has 12 nitrogen and oxygen atoms in total. The standard InChI is InChI=1S/C13H11N3O9S3/c1-25-11(17)5-9-12(18)15-13(26-9)16-14-6-7-4-8(27(19,20)21)2-3-10(7)28(22,23)24/h2-6H,1H3,(H,15,16,18)(H,19,20,21)(H,22,23,24)/p-2/b9-5+,14-6?. The Balaban J connectivity index is 2.36. The number of amidine groups is 1. The number of rotatable bonds is 5.